The monoisotopic (exact) mass is 442 g/mol. The average Bonchev–Trinajstić information content (AvgIpc) is 2.44. The molecule has 86 valence electrons. The van der Waals surface area contributed by atoms with Crippen LogP contribution in [0.4, 0.5) is 0 Å². The van der Waals surface area contributed by atoms with Gasteiger partial charge in [-0.1, -0.05) is 0 Å². The van der Waals surface area contributed by atoms with Gasteiger partial charge in [-0.25, -0.2) is 0 Å². The minimum atomic E-state index is -1.96. The van der Waals surface area contributed by atoms with E-state index in [0.717, 1.165) is 0 Å². The van der Waals surface area contributed by atoms with Crippen LogP contribution in [0.15, 0.2) is 6.07 Å². The van der Waals surface area contributed by atoms with Crippen LogP contribution in [0.3, 0.4) is 0 Å². The maximum atomic E-state index is 5.54. The van der Waals surface area contributed by atoms with Gasteiger partial charge in [0.25, 0.3) is 0 Å². The molecule has 0 aliphatic carbocycles. The quantitative estimate of drug-likeness (QED) is 0.658. The molecule has 4 heteroatoms. The zero-order valence-corrected chi connectivity index (χ0v) is 17.4. The second kappa shape index (κ2) is 4.76. The molecule has 0 aliphatic rings. The molecule has 0 spiro atoms. The van der Waals surface area contributed by atoms with Gasteiger partial charge in [-0.3, -0.25) is 0 Å². The van der Waals surface area contributed by atoms with E-state index in [2.05, 4.69) is 47.0 Å². The molecule has 0 saturated heterocycles. The van der Waals surface area contributed by atoms with Crippen molar-refractivity contribution in [1.29, 1.82) is 0 Å². The second-order valence-electron chi connectivity index (χ2n) is 6.01. The summed E-state index contributed by atoms with van der Waals surface area (Å²) in [7, 11) is 1.81. The molecule has 1 nitrogen and oxygen atoms in total. The molecule has 0 aromatic carbocycles. The van der Waals surface area contributed by atoms with Crippen molar-refractivity contribution in [2.24, 2.45) is 0 Å². The summed E-state index contributed by atoms with van der Waals surface area (Å²) in [5, 5.41) is 0. The zero-order chi connectivity index (χ0) is 11.9. The van der Waals surface area contributed by atoms with Gasteiger partial charge >= 0.3 is 107 Å². The van der Waals surface area contributed by atoms with Crippen LogP contribution in [-0.4, -0.2) is 43.9 Å². The molecule has 0 unspecified atom stereocenters. The first kappa shape index (κ1) is 14.2. The Morgan fingerprint density at radius 2 is 1.53 bits per heavy atom. The summed E-state index contributed by atoms with van der Waals surface area (Å²) >= 11 is -1.79. The van der Waals surface area contributed by atoms with Crippen molar-refractivity contribution < 1.29 is 4.74 Å². The van der Waals surface area contributed by atoms with E-state index in [1.54, 1.807) is 5.79 Å². The van der Waals surface area contributed by atoms with Gasteiger partial charge in [0, 0.05) is 0 Å². The van der Waals surface area contributed by atoms with Gasteiger partial charge in [-0.2, -0.15) is 0 Å². The third-order valence-electron chi connectivity index (χ3n) is 2.34. The van der Waals surface area contributed by atoms with Crippen LogP contribution in [-0.2, 0) is 0 Å². The van der Waals surface area contributed by atoms with Gasteiger partial charge in [-0.05, 0) is 0 Å². The van der Waals surface area contributed by atoms with Crippen LogP contribution < -0.4 is 10.5 Å². The summed E-state index contributed by atoms with van der Waals surface area (Å²) in [5.41, 5.74) is 0. The second-order valence-corrected chi connectivity index (χ2v) is 37.8. The molecule has 1 aromatic heterocycles. The van der Waals surface area contributed by atoms with Crippen molar-refractivity contribution >= 4 is 53.9 Å². The fourth-order valence-corrected chi connectivity index (χ4v) is 16.4. The molecule has 1 aromatic rings. The number of thiophene rings is 1. The van der Waals surface area contributed by atoms with Gasteiger partial charge < -0.3 is 0 Å². The number of ether oxygens (including phenoxy) is 1. The van der Waals surface area contributed by atoms with E-state index >= 15 is 0 Å². The Morgan fingerprint density at radius 3 is 1.80 bits per heavy atom. The first-order chi connectivity index (χ1) is 6.66. The third kappa shape index (κ3) is 3.53. The molecule has 0 saturated carbocycles. The Kier molecular flexibility index (Phi) is 4.50. The standard InChI is InChI=1S/C5H4OS.6CH3.2Sn/c1-6-5-2-3-7-4-5;;;;;;;;/h2H,1H3;6*1H3;;. The molecular formula is C11H22OSSn2. The Balaban J connectivity index is 3.24. The Bertz CT molecular complexity index is 344. The van der Waals surface area contributed by atoms with E-state index in [1.165, 1.54) is 5.75 Å². The predicted octanol–water partition coefficient (Wildman–Crippen LogP) is 2.85. The van der Waals surface area contributed by atoms with E-state index in [0.29, 0.717) is 0 Å². The van der Waals surface area contributed by atoms with Gasteiger partial charge in [0.2, 0.25) is 0 Å². The normalized spacial score (nSPS) is 13.0. The zero-order valence-electron chi connectivity index (χ0n) is 10.9. The summed E-state index contributed by atoms with van der Waals surface area (Å²) in [4.78, 5) is 14.8. The van der Waals surface area contributed by atoms with E-state index in [-0.39, 0.29) is 0 Å². The van der Waals surface area contributed by atoms with Crippen LogP contribution in [0, 0.1) is 0 Å². The fourth-order valence-electron chi connectivity index (χ4n) is 1.42. The topological polar surface area (TPSA) is 9.23 Å². The minimum absolute atomic E-state index is 1.19. The SMILES string of the molecule is COc1c[c]([Sn]([CH3])([CH3])[CH3])s[c]1[Sn]([CH3])([CH3])[CH3]. The molecule has 0 atom stereocenters. The molecule has 15 heavy (non-hydrogen) atoms. The molecule has 0 aliphatic heterocycles. The van der Waals surface area contributed by atoms with Crippen molar-refractivity contribution in [2.45, 2.75) is 29.6 Å². The predicted molar refractivity (Wildman–Crippen MR) is 76.8 cm³/mol. The van der Waals surface area contributed by atoms with E-state index in [9.17, 15) is 0 Å². The Morgan fingerprint density at radius 1 is 1.00 bits per heavy atom. The molecule has 0 bridgehead atoms. The average molecular weight is 440 g/mol. The number of rotatable bonds is 3. The molecule has 1 heterocycles. The first-order valence-corrected chi connectivity index (χ1v) is 26.1. The summed E-state index contributed by atoms with van der Waals surface area (Å²) in [6.07, 6.45) is 0. The van der Waals surface area contributed by atoms with Crippen LogP contribution in [0.25, 0.3) is 0 Å². The summed E-state index contributed by atoms with van der Waals surface area (Å²) in [6, 6.07) is 2.33. The molecule has 0 fully saturated rings. The van der Waals surface area contributed by atoms with Crippen LogP contribution >= 0.6 is 11.3 Å². The van der Waals surface area contributed by atoms with Crippen LogP contribution in [0.2, 0.25) is 29.6 Å². The molecular weight excluding hydrogens is 418 g/mol. The fraction of sp³-hybridized carbons (Fsp3) is 0.636. The van der Waals surface area contributed by atoms with Gasteiger partial charge in [-0.15, -0.1) is 0 Å². The van der Waals surface area contributed by atoms with E-state index in [1.807, 2.05) is 7.11 Å². The Labute approximate surface area is 106 Å². The van der Waals surface area contributed by atoms with Gasteiger partial charge in [0.05, 0.1) is 0 Å². The van der Waals surface area contributed by atoms with Gasteiger partial charge in [0.1, 0.15) is 0 Å². The molecule has 0 N–H and O–H groups in total. The number of methoxy groups -OCH3 is 1. The van der Waals surface area contributed by atoms with Crippen LogP contribution in [0.1, 0.15) is 0 Å². The van der Waals surface area contributed by atoms with Crippen molar-refractivity contribution in [1.82, 2.24) is 0 Å². The summed E-state index contributed by atoms with van der Waals surface area (Å²) in [5.74, 6) is 1.19. The van der Waals surface area contributed by atoms with Gasteiger partial charge in [0.15, 0.2) is 0 Å². The first-order valence-electron chi connectivity index (χ1n) is 5.35. The van der Waals surface area contributed by atoms with Crippen molar-refractivity contribution in [3.8, 4) is 5.75 Å². The third-order valence-corrected chi connectivity index (χ3v) is 22.3. The van der Waals surface area contributed by atoms with E-state index in [4.69, 9.17) is 4.74 Å². The summed E-state index contributed by atoms with van der Waals surface area (Å²) in [6.45, 7) is 0. The summed E-state index contributed by atoms with van der Waals surface area (Å²) < 4.78 is 8.80. The van der Waals surface area contributed by atoms with Crippen molar-refractivity contribution in [3.63, 3.8) is 0 Å². The Hall–Kier alpha value is 1.10. The van der Waals surface area contributed by atoms with Crippen LogP contribution in [0.5, 0.6) is 5.75 Å². The van der Waals surface area contributed by atoms with E-state index < -0.39 is 36.8 Å². The molecule has 1 rings (SSSR count). The number of hydrogen-bond acceptors (Lipinski definition) is 2. The van der Waals surface area contributed by atoms with Crippen molar-refractivity contribution in [3.05, 3.63) is 6.07 Å². The van der Waals surface area contributed by atoms with Crippen molar-refractivity contribution in [2.75, 3.05) is 7.11 Å². The maximum absolute atomic E-state index is 5.54. The molecule has 0 amide bonds. The number of hydrogen-bond donors (Lipinski definition) is 0. The molecule has 0 radical (unpaired) electrons.